The maximum absolute atomic E-state index is 11.4. The summed E-state index contributed by atoms with van der Waals surface area (Å²) in [7, 11) is 1.73. The highest BCUT2D eigenvalue weighted by atomic mass is 16.1. The third kappa shape index (κ3) is 7.72. The van der Waals surface area contributed by atoms with Crippen molar-refractivity contribution in [3.05, 3.63) is 0 Å². The standard InChI is InChI=1S/C14H29NO/c1-4-6-7-8-9-10-11-12-13(5-2)14(16)15-3/h13H,4-12H2,1-3H3,(H,15,16). The van der Waals surface area contributed by atoms with Crippen molar-refractivity contribution >= 4 is 5.91 Å². The van der Waals surface area contributed by atoms with Gasteiger partial charge >= 0.3 is 0 Å². The van der Waals surface area contributed by atoms with E-state index in [2.05, 4.69) is 19.2 Å². The number of carbonyl (C=O) groups is 1. The van der Waals surface area contributed by atoms with E-state index >= 15 is 0 Å². The summed E-state index contributed by atoms with van der Waals surface area (Å²) in [5.74, 6) is 0.453. The fourth-order valence-corrected chi connectivity index (χ4v) is 2.07. The third-order valence-corrected chi connectivity index (χ3v) is 3.27. The van der Waals surface area contributed by atoms with Crippen LogP contribution in [-0.4, -0.2) is 13.0 Å². The molecule has 0 aromatic carbocycles. The minimum atomic E-state index is 0.216. The van der Waals surface area contributed by atoms with Gasteiger partial charge in [0, 0.05) is 13.0 Å². The second kappa shape index (κ2) is 11.0. The van der Waals surface area contributed by atoms with Crippen LogP contribution in [0.2, 0.25) is 0 Å². The molecule has 2 heteroatoms. The van der Waals surface area contributed by atoms with Gasteiger partial charge in [-0.15, -0.1) is 0 Å². The largest absolute Gasteiger partial charge is 0.359 e. The number of nitrogens with one attached hydrogen (secondary N) is 1. The average molecular weight is 227 g/mol. The van der Waals surface area contributed by atoms with Crippen molar-refractivity contribution in [3.63, 3.8) is 0 Å². The van der Waals surface area contributed by atoms with Gasteiger partial charge in [0.2, 0.25) is 5.91 Å². The molecule has 0 saturated carbocycles. The van der Waals surface area contributed by atoms with Gasteiger partial charge in [-0.05, 0) is 12.8 Å². The van der Waals surface area contributed by atoms with Gasteiger partial charge in [-0.2, -0.15) is 0 Å². The normalized spacial score (nSPS) is 12.4. The Morgan fingerprint density at radius 1 is 1.00 bits per heavy atom. The molecule has 16 heavy (non-hydrogen) atoms. The molecule has 0 spiro atoms. The molecule has 96 valence electrons. The Morgan fingerprint density at radius 3 is 2.06 bits per heavy atom. The molecule has 0 rings (SSSR count). The Hall–Kier alpha value is -0.530. The first-order chi connectivity index (χ1) is 7.76. The molecule has 0 heterocycles. The second-order valence-corrected chi connectivity index (χ2v) is 4.63. The summed E-state index contributed by atoms with van der Waals surface area (Å²) < 4.78 is 0. The third-order valence-electron chi connectivity index (χ3n) is 3.27. The number of hydrogen-bond donors (Lipinski definition) is 1. The monoisotopic (exact) mass is 227 g/mol. The van der Waals surface area contributed by atoms with Gasteiger partial charge in [0.25, 0.3) is 0 Å². The lowest BCUT2D eigenvalue weighted by atomic mass is 9.97. The van der Waals surface area contributed by atoms with Crippen molar-refractivity contribution < 1.29 is 4.79 Å². The molecule has 0 bridgehead atoms. The summed E-state index contributed by atoms with van der Waals surface area (Å²) in [6.45, 7) is 4.34. The van der Waals surface area contributed by atoms with Crippen molar-refractivity contribution in [2.75, 3.05) is 7.05 Å². The topological polar surface area (TPSA) is 29.1 Å². The molecule has 0 fully saturated rings. The van der Waals surface area contributed by atoms with E-state index in [1.54, 1.807) is 7.05 Å². The van der Waals surface area contributed by atoms with Crippen molar-refractivity contribution in [3.8, 4) is 0 Å². The Balaban J connectivity index is 3.38. The van der Waals surface area contributed by atoms with Crippen LogP contribution in [-0.2, 0) is 4.79 Å². The van der Waals surface area contributed by atoms with Crippen molar-refractivity contribution in [2.45, 2.75) is 71.6 Å². The van der Waals surface area contributed by atoms with Crippen molar-refractivity contribution in [1.29, 1.82) is 0 Å². The molecule has 0 aromatic rings. The van der Waals surface area contributed by atoms with E-state index in [1.165, 1.54) is 44.9 Å². The van der Waals surface area contributed by atoms with Crippen LogP contribution in [0.25, 0.3) is 0 Å². The van der Waals surface area contributed by atoms with Crippen LogP contribution in [0.3, 0.4) is 0 Å². The van der Waals surface area contributed by atoms with Gasteiger partial charge in [-0.1, -0.05) is 58.8 Å². The Kier molecular flexibility index (Phi) is 10.6. The Bertz CT molecular complexity index is 168. The molecule has 1 unspecified atom stereocenters. The molecule has 0 radical (unpaired) electrons. The van der Waals surface area contributed by atoms with E-state index in [0.29, 0.717) is 0 Å². The van der Waals surface area contributed by atoms with Gasteiger partial charge in [-0.25, -0.2) is 0 Å². The Morgan fingerprint density at radius 2 is 1.56 bits per heavy atom. The molecule has 1 atom stereocenters. The number of unbranched alkanes of at least 4 members (excludes halogenated alkanes) is 6. The highest BCUT2D eigenvalue weighted by molar-refractivity contribution is 5.78. The maximum Gasteiger partial charge on any atom is 0.222 e. The summed E-state index contributed by atoms with van der Waals surface area (Å²) in [5.41, 5.74) is 0. The van der Waals surface area contributed by atoms with Gasteiger partial charge in [0.05, 0.1) is 0 Å². The van der Waals surface area contributed by atoms with Crippen LogP contribution in [0.5, 0.6) is 0 Å². The first kappa shape index (κ1) is 15.5. The first-order valence-corrected chi connectivity index (χ1v) is 6.97. The number of rotatable bonds is 10. The number of carbonyl (C=O) groups excluding carboxylic acids is 1. The van der Waals surface area contributed by atoms with Crippen molar-refractivity contribution in [2.24, 2.45) is 5.92 Å². The molecular weight excluding hydrogens is 198 g/mol. The van der Waals surface area contributed by atoms with E-state index in [9.17, 15) is 4.79 Å². The zero-order valence-corrected chi connectivity index (χ0v) is 11.3. The second-order valence-electron chi connectivity index (χ2n) is 4.63. The van der Waals surface area contributed by atoms with Crippen LogP contribution < -0.4 is 5.32 Å². The van der Waals surface area contributed by atoms with Crippen LogP contribution in [0.15, 0.2) is 0 Å². The molecule has 0 aliphatic rings. The van der Waals surface area contributed by atoms with Crippen LogP contribution in [0.1, 0.15) is 71.6 Å². The highest BCUT2D eigenvalue weighted by Crippen LogP contribution is 2.15. The number of hydrogen-bond acceptors (Lipinski definition) is 1. The molecule has 0 aliphatic carbocycles. The zero-order chi connectivity index (χ0) is 12.2. The van der Waals surface area contributed by atoms with E-state index in [0.717, 1.165) is 12.8 Å². The SMILES string of the molecule is CCCCCCCCCC(CC)C(=O)NC. The van der Waals surface area contributed by atoms with E-state index in [4.69, 9.17) is 0 Å². The molecule has 1 amide bonds. The van der Waals surface area contributed by atoms with E-state index in [1.807, 2.05) is 0 Å². The summed E-state index contributed by atoms with van der Waals surface area (Å²) in [5, 5.41) is 2.75. The smallest absolute Gasteiger partial charge is 0.222 e. The van der Waals surface area contributed by atoms with Gasteiger partial charge in [0.1, 0.15) is 0 Å². The van der Waals surface area contributed by atoms with E-state index < -0.39 is 0 Å². The van der Waals surface area contributed by atoms with Gasteiger partial charge in [-0.3, -0.25) is 4.79 Å². The van der Waals surface area contributed by atoms with Gasteiger partial charge < -0.3 is 5.32 Å². The minimum Gasteiger partial charge on any atom is -0.359 e. The zero-order valence-electron chi connectivity index (χ0n) is 11.3. The lowest BCUT2D eigenvalue weighted by Crippen LogP contribution is -2.26. The summed E-state index contributed by atoms with van der Waals surface area (Å²) in [6.07, 6.45) is 11.3. The molecule has 0 aromatic heterocycles. The fourth-order valence-electron chi connectivity index (χ4n) is 2.07. The van der Waals surface area contributed by atoms with E-state index in [-0.39, 0.29) is 11.8 Å². The Labute approximate surface area is 101 Å². The molecule has 0 aliphatic heterocycles. The summed E-state index contributed by atoms with van der Waals surface area (Å²) in [6, 6.07) is 0. The summed E-state index contributed by atoms with van der Waals surface area (Å²) in [4.78, 5) is 11.4. The quantitative estimate of drug-likeness (QED) is 0.563. The average Bonchev–Trinajstić information content (AvgIpc) is 2.32. The molecular formula is C14H29NO. The maximum atomic E-state index is 11.4. The molecule has 2 nitrogen and oxygen atoms in total. The predicted molar refractivity (Wildman–Crippen MR) is 70.5 cm³/mol. The lowest BCUT2D eigenvalue weighted by Gasteiger charge is -2.12. The molecule has 0 saturated heterocycles. The highest BCUT2D eigenvalue weighted by Gasteiger charge is 2.13. The predicted octanol–water partition coefficient (Wildman–Crippen LogP) is 3.90. The molecule has 1 N–H and O–H groups in total. The fraction of sp³-hybridized carbons (Fsp3) is 0.929. The van der Waals surface area contributed by atoms with Crippen molar-refractivity contribution in [1.82, 2.24) is 5.32 Å². The van der Waals surface area contributed by atoms with Crippen LogP contribution in [0, 0.1) is 5.92 Å². The minimum absolute atomic E-state index is 0.216. The number of amides is 1. The first-order valence-electron chi connectivity index (χ1n) is 6.97. The summed E-state index contributed by atoms with van der Waals surface area (Å²) >= 11 is 0. The van der Waals surface area contributed by atoms with Crippen LogP contribution >= 0.6 is 0 Å². The van der Waals surface area contributed by atoms with Crippen LogP contribution in [0.4, 0.5) is 0 Å². The lowest BCUT2D eigenvalue weighted by molar-refractivity contribution is -0.124. The van der Waals surface area contributed by atoms with Gasteiger partial charge in [0.15, 0.2) is 0 Å².